The van der Waals surface area contributed by atoms with Crippen LogP contribution in [0.5, 0.6) is 0 Å². The van der Waals surface area contributed by atoms with Crippen molar-refractivity contribution in [3.8, 4) is 0 Å². The molecule has 1 N–H and O–H groups in total. The summed E-state index contributed by atoms with van der Waals surface area (Å²) in [4.78, 5) is 0. The molecule has 17 heavy (non-hydrogen) atoms. The van der Waals surface area contributed by atoms with Crippen LogP contribution >= 0.6 is 0 Å². The van der Waals surface area contributed by atoms with Crippen molar-refractivity contribution < 1.29 is 0 Å². The molecular weight excluding hydrogens is 210 g/mol. The molecule has 3 nitrogen and oxygen atoms in total. The average molecular weight is 235 g/mol. The van der Waals surface area contributed by atoms with Gasteiger partial charge < -0.3 is 0 Å². The van der Waals surface area contributed by atoms with Gasteiger partial charge in [0.15, 0.2) is 0 Å². The number of rotatable bonds is 9. The SMILES string of the molecule is CCCCCCCCCCC1=NNN=CC=C1. The lowest BCUT2D eigenvalue weighted by molar-refractivity contribution is 0.580. The van der Waals surface area contributed by atoms with Crippen LogP contribution in [0.4, 0.5) is 0 Å². The lowest BCUT2D eigenvalue weighted by Gasteiger charge is -2.02. The van der Waals surface area contributed by atoms with Gasteiger partial charge in [0.1, 0.15) is 0 Å². The highest BCUT2D eigenvalue weighted by Crippen LogP contribution is 2.10. The summed E-state index contributed by atoms with van der Waals surface area (Å²) in [5, 5.41) is 8.02. The molecule has 0 aromatic rings. The smallest absolute Gasteiger partial charge is 0.0624 e. The van der Waals surface area contributed by atoms with Gasteiger partial charge >= 0.3 is 0 Å². The first-order valence-corrected chi connectivity index (χ1v) is 6.95. The minimum absolute atomic E-state index is 1.06. The summed E-state index contributed by atoms with van der Waals surface area (Å²) < 4.78 is 0. The Balaban J connectivity index is 1.92. The van der Waals surface area contributed by atoms with Crippen LogP contribution in [-0.4, -0.2) is 11.9 Å². The van der Waals surface area contributed by atoms with Crippen LogP contribution in [0.15, 0.2) is 22.4 Å². The Kier molecular flexibility index (Phi) is 8.25. The van der Waals surface area contributed by atoms with Crippen molar-refractivity contribution >= 4 is 11.9 Å². The molecule has 3 heteroatoms. The van der Waals surface area contributed by atoms with E-state index in [1.54, 1.807) is 6.21 Å². The van der Waals surface area contributed by atoms with E-state index >= 15 is 0 Å². The first-order valence-electron chi connectivity index (χ1n) is 6.95. The zero-order valence-corrected chi connectivity index (χ0v) is 11.0. The zero-order valence-electron chi connectivity index (χ0n) is 11.0. The maximum absolute atomic E-state index is 4.16. The molecule has 0 saturated carbocycles. The van der Waals surface area contributed by atoms with E-state index in [9.17, 15) is 0 Å². The van der Waals surface area contributed by atoms with Crippen LogP contribution in [-0.2, 0) is 0 Å². The molecule has 0 aromatic heterocycles. The molecule has 0 spiro atoms. The third-order valence-corrected chi connectivity index (χ3v) is 2.99. The molecule has 0 fully saturated rings. The van der Waals surface area contributed by atoms with Crippen LogP contribution in [0.1, 0.15) is 64.7 Å². The second-order valence-electron chi connectivity index (χ2n) is 4.57. The van der Waals surface area contributed by atoms with E-state index in [-0.39, 0.29) is 0 Å². The summed E-state index contributed by atoms with van der Waals surface area (Å²) in [7, 11) is 0. The second-order valence-corrected chi connectivity index (χ2v) is 4.57. The van der Waals surface area contributed by atoms with E-state index in [4.69, 9.17) is 0 Å². The van der Waals surface area contributed by atoms with Crippen molar-refractivity contribution in [2.45, 2.75) is 64.7 Å². The molecule has 0 radical (unpaired) electrons. The van der Waals surface area contributed by atoms with E-state index in [1.165, 1.54) is 51.4 Å². The molecule has 1 heterocycles. The Morgan fingerprint density at radius 1 is 1.00 bits per heavy atom. The molecule has 1 rings (SSSR count). The Hall–Kier alpha value is -1.12. The highest BCUT2D eigenvalue weighted by molar-refractivity contribution is 5.98. The maximum atomic E-state index is 4.16. The van der Waals surface area contributed by atoms with E-state index in [0.29, 0.717) is 0 Å². The van der Waals surface area contributed by atoms with Gasteiger partial charge in [0.2, 0.25) is 0 Å². The number of nitrogens with zero attached hydrogens (tertiary/aromatic N) is 2. The molecule has 1 aliphatic heterocycles. The molecule has 0 unspecified atom stereocenters. The van der Waals surface area contributed by atoms with Crippen LogP contribution < -0.4 is 5.53 Å². The predicted molar refractivity (Wildman–Crippen MR) is 75.4 cm³/mol. The number of hydrogen-bond acceptors (Lipinski definition) is 3. The third-order valence-electron chi connectivity index (χ3n) is 2.99. The monoisotopic (exact) mass is 235 g/mol. The van der Waals surface area contributed by atoms with Gasteiger partial charge in [0.05, 0.1) is 5.71 Å². The van der Waals surface area contributed by atoms with Crippen molar-refractivity contribution in [1.82, 2.24) is 5.53 Å². The van der Waals surface area contributed by atoms with E-state index < -0.39 is 0 Å². The van der Waals surface area contributed by atoms with Crippen molar-refractivity contribution in [1.29, 1.82) is 0 Å². The number of hydrogen-bond donors (Lipinski definition) is 1. The molecule has 0 bridgehead atoms. The van der Waals surface area contributed by atoms with E-state index in [1.807, 2.05) is 12.2 Å². The maximum Gasteiger partial charge on any atom is 0.0624 e. The lowest BCUT2D eigenvalue weighted by Crippen LogP contribution is -2.00. The number of unbranched alkanes of at least 4 members (excludes halogenated alkanes) is 7. The molecular formula is C14H25N3. The predicted octanol–water partition coefficient (Wildman–Crippen LogP) is 4.02. The van der Waals surface area contributed by atoms with Crippen molar-refractivity contribution in [3.63, 3.8) is 0 Å². The van der Waals surface area contributed by atoms with Gasteiger partial charge in [-0.3, -0.25) is 0 Å². The third kappa shape index (κ3) is 7.72. The van der Waals surface area contributed by atoms with Gasteiger partial charge in [-0.2, -0.15) is 15.7 Å². The zero-order chi connectivity index (χ0) is 12.2. The fraction of sp³-hybridized carbons (Fsp3) is 0.714. The van der Waals surface area contributed by atoms with Gasteiger partial charge in [-0.1, -0.05) is 51.9 Å². The van der Waals surface area contributed by atoms with Crippen LogP contribution in [0.3, 0.4) is 0 Å². The van der Waals surface area contributed by atoms with Gasteiger partial charge in [-0.05, 0) is 25.0 Å². The lowest BCUT2D eigenvalue weighted by atomic mass is 10.1. The first-order chi connectivity index (χ1) is 8.43. The number of nitrogens with one attached hydrogen (secondary N) is 1. The Labute approximate surface area is 105 Å². The standard InChI is InChI=1S/C14H25N3/c1-2-3-4-5-6-7-8-9-11-14-12-10-13-15-17-16-14/h10,12-13,17H,2-9,11H2,1H3. The van der Waals surface area contributed by atoms with Crippen molar-refractivity contribution in [2.75, 3.05) is 0 Å². The summed E-state index contributed by atoms with van der Waals surface area (Å²) in [6, 6.07) is 0. The van der Waals surface area contributed by atoms with Crippen LogP contribution in [0, 0.1) is 0 Å². The Morgan fingerprint density at radius 2 is 1.71 bits per heavy atom. The van der Waals surface area contributed by atoms with E-state index in [2.05, 4.69) is 22.7 Å². The van der Waals surface area contributed by atoms with Gasteiger partial charge in [0.25, 0.3) is 0 Å². The summed E-state index contributed by atoms with van der Waals surface area (Å²) in [6.45, 7) is 2.26. The first kappa shape index (κ1) is 13.9. The minimum atomic E-state index is 1.06. The minimum Gasteiger partial charge on any atom is -0.198 e. The molecule has 0 amide bonds. The number of allylic oxidation sites excluding steroid dienone is 2. The topological polar surface area (TPSA) is 36.8 Å². The Bertz CT molecular complexity index is 267. The number of hydrazone groups is 2. The van der Waals surface area contributed by atoms with Crippen molar-refractivity contribution in [2.24, 2.45) is 10.2 Å². The second kappa shape index (κ2) is 10.1. The molecule has 0 aliphatic carbocycles. The Morgan fingerprint density at radius 3 is 2.47 bits per heavy atom. The molecule has 96 valence electrons. The van der Waals surface area contributed by atoms with Gasteiger partial charge in [-0.15, -0.1) is 0 Å². The summed E-state index contributed by atoms with van der Waals surface area (Å²) in [5.41, 5.74) is 3.77. The summed E-state index contributed by atoms with van der Waals surface area (Å²) in [6.07, 6.45) is 17.6. The van der Waals surface area contributed by atoms with Crippen molar-refractivity contribution in [3.05, 3.63) is 12.2 Å². The fourth-order valence-electron chi connectivity index (χ4n) is 1.94. The summed E-state index contributed by atoms with van der Waals surface area (Å²) in [5.74, 6) is 0. The highest BCUT2D eigenvalue weighted by Gasteiger charge is 1.97. The van der Waals surface area contributed by atoms with Gasteiger partial charge in [-0.25, -0.2) is 0 Å². The molecule has 0 saturated heterocycles. The van der Waals surface area contributed by atoms with Crippen LogP contribution in [0.2, 0.25) is 0 Å². The molecule has 0 atom stereocenters. The molecule has 1 aliphatic rings. The van der Waals surface area contributed by atoms with Crippen LogP contribution in [0.25, 0.3) is 0 Å². The van der Waals surface area contributed by atoms with Gasteiger partial charge in [0, 0.05) is 6.21 Å². The average Bonchev–Trinajstić information content (AvgIpc) is 2.61. The summed E-state index contributed by atoms with van der Waals surface area (Å²) >= 11 is 0. The molecule has 0 aromatic carbocycles. The van der Waals surface area contributed by atoms with E-state index in [0.717, 1.165) is 12.1 Å². The fourth-order valence-corrected chi connectivity index (χ4v) is 1.94. The largest absolute Gasteiger partial charge is 0.198 e. The normalized spacial score (nSPS) is 14.3. The quantitative estimate of drug-likeness (QED) is 0.602. The highest BCUT2D eigenvalue weighted by atomic mass is 15.5.